The number of nitrogens with one attached hydrogen (secondary N) is 1. The number of methoxy groups -OCH3 is 1. The second-order valence-electron chi connectivity index (χ2n) is 5.93. The lowest BCUT2D eigenvalue weighted by Gasteiger charge is -2.35. The van der Waals surface area contributed by atoms with Crippen LogP contribution in [-0.2, 0) is 9.47 Å². The molecule has 0 saturated carbocycles. The zero-order valence-corrected chi connectivity index (χ0v) is 12.4. The Balaban J connectivity index is 1.54. The van der Waals surface area contributed by atoms with Crippen LogP contribution in [0.15, 0.2) is 0 Å². The van der Waals surface area contributed by atoms with E-state index in [-0.39, 0.29) is 0 Å². The van der Waals surface area contributed by atoms with Crippen LogP contribution >= 0.6 is 0 Å². The number of nitrogens with zero attached hydrogens (tertiary/aromatic N) is 1. The first-order chi connectivity index (χ1) is 9.38. The van der Waals surface area contributed by atoms with E-state index >= 15 is 0 Å². The van der Waals surface area contributed by atoms with E-state index in [2.05, 4.69) is 10.2 Å². The highest BCUT2D eigenvalue weighted by Gasteiger charge is 2.22. The molecule has 0 aliphatic carbocycles. The molecule has 2 aliphatic heterocycles. The van der Waals surface area contributed by atoms with Crippen LogP contribution in [0.4, 0.5) is 0 Å². The molecule has 1 unspecified atom stereocenters. The molecule has 4 nitrogen and oxygen atoms in total. The Kier molecular flexibility index (Phi) is 7.14. The lowest BCUT2D eigenvalue weighted by atomic mass is 9.96. The van der Waals surface area contributed by atoms with Crippen molar-refractivity contribution in [3.63, 3.8) is 0 Å². The normalized spacial score (nSPS) is 26.7. The molecule has 112 valence electrons. The summed E-state index contributed by atoms with van der Waals surface area (Å²) in [7, 11) is 1.76. The van der Waals surface area contributed by atoms with Crippen LogP contribution in [0, 0.1) is 5.92 Å². The molecule has 0 aromatic heterocycles. The van der Waals surface area contributed by atoms with Crippen LogP contribution in [-0.4, -0.2) is 64.1 Å². The molecule has 0 amide bonds. The summed E-state index contributed by atoms with van der Waals surface area (Å²) in [6.45, 7) is 7.57. The fraction of sp³-hybridized carbons (Fsp3) is 1.00. The van der Waals surface area contributed by atoms with E-state index in [9.17, 15) is 0 Å². The Bertz CT molecular complexity index is 224. The summed E-state index contributed by atoms with van der Waals surface area (Å²) in [4.78, 5) is 2.60. The van der Waals surface area contributed by atoms with Gasteiger partial charge in [0.2, 0.25) is 0 Å². The molecule has 2 rings (SSSR count). The highest BCUT2D eigenvalue weighted by atomic mass is 16.5. The third-order valence-corrected chi connectivity index (χ3v) is 4.36. The highest BCUT2D eigenvalue weighted by Crippen LogP contribution is 2.19. The molecular formula is C15H30N2O2. The molecule has 0 spiro atoms. The molecule has 1 atom stereocenters. The molecule has 2 aliphatic rings. The predicted molar refractivity (Wildman–Crippen MR) is 77.5 cm³/mol. The minimum atomic E-state index is 0.505. The number of piperidine rings is 1. The van der Waals surface area contributed by atoms with Crippen LogP contribution in [0.25, 0.3) is 0 Å². The van der Waals surface area contributed by atoms with Crippen molar-refractivity contribution in [1.29, 1.82) is 0 Å². The van der Waals surface area contributed by atoms with Crippen LogP contribution in [0.2, 0.25) is 0 Å². The molecule has 1 N–H and O–H groups in total. The van der Waals surface area contributed by atoms with Crippen LogP contribution < -0.4 is 5.32 Å². The van der Waals surface area contributed by atoms with E-state index in [0.29, 0.717) is 6.10 Å². The van der Waals surface area contributed by atoms with Crippen LogP contribution in [0.5, 0.6) is 0 Å². The molecule has 4 heteroatoms. The Morgan fingerprint density at radius 1 is 1.21 bits per heavy atom. The topological polar surface area (TPSA) is 33.7 Å². The maximum absolute atomic E-state index is 5.83. The van der Waals surface area contributed by atoms with Gasteiger partial charge in [-0.3, -0.25) is 0 Å². The fourth-order valence-corrected chi connectivity index (χ4v) is 3.09. The zero-order valence-electron chi connectivity index (χ0n) is 12.4. The van der Waals surface area contributed by atoms with Crippen LogP contribution in [0.1, 0.15) is 32.1 Å². The zero-order chi connectivity index (χ0) is 13.3. The Morgan fingerprint density at radius 3 is 2.74 bits per heavy atom. The van der Waals surface area contributed by atoms with Crippen LogP contribution in [0.3, 0.4) is 0 Å². The molecule has 19 heavy (non-hydrogen) atoms. The summed E-state index contributed by atoms with van der Waals surface area (Å²) < 4.78 is 10.9. The molecule has 0 bridgehead atoms. The summed E-state index contributed by atoms with van der Waals surface area (Å²) >= 11 is 0. The Hall–Kier alpha value is -0.160. The quantitative estimate of drug-likeness (QED) is 0.711. The summed E-state index contributed by atoms with van der Waals surface area (Å²) in [5.41, 5.74) is 0. The van der Waals surface area contributed by atoms with Gasteiger partial charge in [-0.1, -0.05) is 0 Å². The predicted octanol–water partition coefficient (Wildman–Crippen LogP) is 1.50. The number of ether oxygens (including phenoxy) is 2. The average Bonchev–Trinajstić information content (AvgIpc) is 2.46. The minimum absolute atomic E-state index is 0.505. The molecule has 0 aromatic carbocycles. The first-order valence-electron chi connectivity index (χ1n) is 7.92. The average molecular weight is 270 g/mol. The van der Waals surface area contributed by atoms with Gasteiger partial charge in [-0.05, 0) is 57.7 Å². The summed E-state index contributed by atoms with van der Waals surface area (Å²) in [5.74, 6) is 0.848. The smallest absolute Gasteiger partial charge is 0.0702 e. The van der Waals surface area contributed by atoms with Gasteiger partial charge in [0.1, 0.15) is 0 Å². The summed E-state index contributed by atoms with van der Waals surface area (Å²) in [5, 5.41) is 3.48. The maximum atomic E-state index is 5.83. The van der Waals surface area contributed by atoms with Gasteiger partial charge in [0.25, 0.3) is 0 Å². The van der Waals surface area contributed by atoms with E-state index < -0.39 is 0 Å². The SMILES string of the molecule is COCCNCC1CCN(CC2CCCCO2)CC1. The van der Waals surface area contributed by atoms with E-state index in [1.54, 1.807) is 7.11 Å². The third-order valence-electron chi connectivity index (χ3n) is 4.36. The summed E-state index contributed by atoms with van der Waals surface area (Å²) in [6.07, 6.45) is 7.03. The Morgan fingerprint density at radius 2 is 2.05 bits per heavy atom. The van der Waals surface area contributed by atoms with Crippen molar-refractivity contribution in [3.05, 3.63) is 0 Å². The molecule has 2 heterocycles. The lowest BCUT2D eigenvalue weighted by molar-refractivity contribution is -0.0112. The van der Waals surface area contributed by atoms with Crippen molar-refractivity contribution >= 4 is 0 Å². The van der Waals surface area contributed by atoms with E-state index in [1.807, 2.05) is 0 Å². The van der Waals surface area contributed by atoms with Crippen molar-refractivity contribution in [2.45, 2.75) is 38.2 Å². The monoisotopic (exact) mass is 270 g/mol. The van der Waals surface area contributed by atoms with E-state index in [1.165, 1.54) is 45.2 Å². The van der Waals surface area contributed by atoms with Gasteiger partial charge >= 0.3 is 0 Å². The van der Waals surface area contributed by atoms with Gasteiger partial charge < -0.3 is 19.7 Å². The van der Waals surface area contributed by atoms with Gasteiger partial charge in [0, 0.05) is 26.8 Å². The second kappa shape index (κ2) is 8.90. The molecule has 2 fully saturated rings. The van der Waals surface area contributed by atoms with Crippen molar-refractivity contribution in [1.82, 2.24) is 10.2 Å². The maximum Gasteiger partial charge on any atom is 0.0702 e. The van der Waals surface area contributed by atoms with Gasteiger partial charge in [-0.2, -0.15) is 0 Å². The van der Waals surface area contributed by atoms with Gasteiger partial charge in [-0.15, -0.1) is 0 Å². The number of likely N-dealkylation sites (tertiary alicyclic amines) is 1. The first kappa shape index (κ1) is 15.2. The van der Waals surface area contributed by atoms with Crippen molar-refractivity contribution in [2.75, 3.05) is 53.0 Å². The number of rotatable bonds is 7. The second-order valence-corrected chi connectivity index (χ2v) is 5.93. The summed E-state index contributed by atoms with van der Waals surface area (Å²) in [6, 6.07) is 0. The molecular weight excluding hydrogens is 240 g/mol. The third kappa shape index (κ3) is 5.78. The van der Waals surface area contributed by atoms with Gasteiger partial charge in [0.05, 0.1) is 12.7 Å². The van der Waals surface area contributed by atoms with E-state index in [0.717, 1.165) is 38.8 Å². The number of hydrogen-bond donors (Lipinski definition) is 1. The largest absolute Gasteiger partial charge is 0.383 e. The van der Waals surface area contributed by atoms with Gasteiger partial charge in [0.15, 0.2) is 0 Å². The Labute approximate surface area is 117 Å². The number of hydrogen-bond acceptors (Lipinski definition) is 4. The highest BCUT2D eigenvalue weighted by molar-refractivity contribution is 4.77. The molecule has 0 aromatic rings. The first-order valence-corrected chi connectivity index (χ1v) is 7.92. The minimum Gasteiger partial charge on any atom is -0.383 e. The standard InChI is InChI=1S/C15H30N2O2/c1-18-11-7-16-12-14-5-8-17(9-6-14)13-15-4-2-3-10-19-15/h14-16H,2-13H2,1H3. The molecule has 0 radical (unpaired) electrons. The fourth-order valence-electron chi connectivity index (χ4n) is 3.09. The molecule has 2 saturated heterocycles. The van der Waals surface area contributed by atoms with Crippen molar-refractivity contribution in [3.8, 4) is 0 Å². The van der Waals surface area contributed by atoms with E-state index in [4.69, 9.17) is 9.47 Å². The van der Waals surface area contributed by atoms with Crippen molar-refractivity contribution < 1.29 is 9.47 Å². The van der Waals surface area contributed by atoms with Gasteiger partial charge in [-0.25, -0.2) is 0 Å². The van der Waals surface area contributed by atoms with Crippen molar-refractivity contribution in [2.24, 2.45) is 5.92 Å². The lowest BCUT2D eigenvalue weighted by Crippen LogP contribution is -2.42.